The molecule has 1 aromatic carbocycles. The summed E-state index contributed by atoms with van der Waals surface area (Å²) in [4.78, 5) is 8.23. The number of benzene rings is 1. The topological polar surface area (TPSA) is 73.1 Å². The Morgan fingerprint density at radius 2 is 1.94 bits per heavy atom. The van der Waals surface area contributed by atoms with Crippen molar-refractivity contribution in [3.05, 3.63) is 41.7 Å². The summed E-state index contributed by atoms with van der Waals surface area (Å²) < 4.78 is 5.15. The Balaban J connectivity index is 2.08. The smallest absolute Gasteiger partial charge is 0.221 e. The van der Waals surface area contributed by atoms with Crippen LogP contribution in [0.25, 0.3) is 0 Å². The molecule has 0 unspecified atom stereocenters. The quantitative estimate of drug-likeness (QED) is 0.805. The third kappa shape index (κ3) is 2.68. The van der Waals surface area contributed by atoms with Crippen LogP contribution in [0, 0.1) is 6.92 Å². The van der Waals surface area contributed by atoms with Crippen LogP contribution in [-0.4, -0.2) is 17.1 Å². The van der Waals surface area contributed by atoms with Gasteiger partial charge in [0.05, 0.1) is 12.7 Å². The number of hydrogen-bond donors (Lipinski definition) is 2. The van der Waals surface area contributed by atoms with Crippen LogP contribution < -0.4 is 15.8 Å². The van der Waals surface area contributed by atoms with Crippen molar-refractivity contribution in [2.75, 3.05) is 18.2 Å². The average molecular weight is 244 g/mol. The summed E-state index contributed by atoms with van der Waals surface area (Å²) in [6, 6.07) is 7.72. The fourth-order valence-corrected chi connectivity index (χ4v) is 1.64. The monoisotopic (exact) mass is 244 g/mol. The summed E-state index contributed by atoms with van der Waals surface area (Å²) in [5.41, 5.74) is 8.44. The predicted molar refractivity (Wildman–Crippen MR) is 71.5 cm³/mol. The van der Waals surface area contributed by atoms with Gasteiger partial charge in [-0.05, 0) is 24.6 Å². The van der Waals surface area contributed by atoms with Crippen LogP contribution in [0.1, 0.15) is 11.1 Å². The first-order valence-electron chi connectivity index (χ1n) is 5.64. The van der Waals surface area contributed by atoms with Gasteiger partial charge in [-0.25, -0.2) is 9.97 Å². The summed E-state index contributed by atoms with van der Waals surface area (Å²) >= 11 is 0. The first-order valence-corrected chi connectivity index (χ1v) is 5.64. The van der Waals surface area contributed by atoms with Crippen molar-refractivity contribution in [1.82, 2.24) is 9.97 Å². The second-order valence-corrected chi connectivity index (χ2v) is 3.95. The van der Waals surface area contributed by atoms with Gasteiger partial charge in [0.2, 0.25) is 5.88 Å². The lowest BCUT2D eigenvalue weighted by Gasteiger charge is -2.10. The van der Waals surface area contributed by atoms with Gasteiger partial charge in [0.15, 0.2) is 0 Å². The Morgan fingerprint density at radius 3 is 2.61 bits per heavy atom. The lowest BCUT2D eigenvalue weighted by molar-refractivity contribution is 0.393. The lowest BCUT2D eigenvalue weighted by Crippen LogP contribution is -2.05. The van der Waals surface area contributed by atoms with E-state index in [9.17, 15) is 0 Å². The van der Waals surface area contributed by atoms with E-state index in [0.29, 0.717) is 12.4 Å². The minimum absolute atomic E-state index is 0.588. The molecule has 0 amide bonds. The maximum atomic E-state index is 5.64. The minimum Gasteiger partial charge on any atom is -0.481 e. The van der Waals surface area contributed by atoms with E-state index in [2.05, 4.69) is 15.3 Å². The molecule has 0 radical (unpaired) electrons. The van der Waals surface area contributed by atoms with E-state index >= 15 is 0 Å². The van der Waals surface area contributed by atoms with Crippen molar-refractivity contribution in [3.8, 4) is 5.88 Å². The highest BCUT2D eigenvalue weighted by Gasteiger charge is 2.06. The van der Waals surface area contributed by atoms with Crippen molar-refractivity contribution in [3.63, 3.8) is 0 Å². The molecule has 3 N–H and O–H groups in total. The van der Waals surface area contributed by atoms with E-state index in [-0.39, 0.29) is 0 Å². The molecule has 94 valence electrons. The molecule has 1 aromatic heterocycles. The largest absolute Gasteiger partial charge is 0.481 e. The second-order valence-electron chi connectivity index (χ2n) is 3.95. The van der Waals surface area contributed by atoms with E-state index in [1.165, 1.54) is 6.33 Å². The Labute approximate surface area is 106 Å². The zero-order chi connectivity index (χ0) is 13.0. The van der Waals surface area contributed by atoms with Crippen LogP contribution in [0.4, 0.5) is 11.5 Å². The third-order valence-corrected chi connectivity index (χ3v) is 2.67. The molecular weight excluding hydrogens is 228 g/mol. The highest BCUT2D eigenvalue weighted by atomic mass is 16.5. The Hall–Kier alpha value is -2.30. The molecule has 2 rings (SSSR count). The fraction of sp³-hybridized carbons (Fsp3) is 0.231. The molecule has 2 aromatic rings. The van der Waals surface area contributed by atoms with Crippen molar-refractivity contribution < 1.29 is 4.74 Å². The fourth-order valence-electron chi connectivity index (χ4n) is 1.64. The van der Waals surface area contributed by atoms with Gasteiger partial charge in [-0.3, -0.25) is 0 Å². The summed E-state index contributed by atoms with van der Waals surface area (Å²) in [6.45, 7) is 2.60. The van der Waals surface area contributed by atoms with Crippen LogP contribution in [0.5, 0.6) is 5.88 Å². The zero-order valence-electron chi connectivity index (χ0n) is 10.5. The molecule has 0 atom stereocenters. The lowest BCUT2D eigenvalue weighted by atomic mass is 10.2. The van der Waals surface area contributed by atoms with Crippen LogP contribution in [0.3, 0.4) is 0 Å². The number of nitrogens with one attached hydrogen (secondary N) is 1. The van der Waals surface area contributed by atoms with Gasteiger partial charge in [-0.1, -0.05) is 12.1 Å². The van der Waals surface area contributed by atoms with Gasteiger partial charge in [0.1, 0.15) is 12.1 Å². The number of nitrogens with two attached hydrogens (primary N) is 1. The van der Waals surface area contributed by atoms with Crippen molar-refractivity contribution >= 4 is 11.5 Å². The van der Waals surface area contributed by atoms with Crippen molar-refractivity contribution in [1.29, 1.82) is 0 Å². The molecule has 0 fully saturated rings. The molecule has 0 aliphatic heterocycles. The number of hydrogen-bond acceptors (Lipinski definition) is 5. The number of ether oxygens (including phenoxy) is 1. The van der Waals surface area contributed by atoms with Crippen molar-refractivity contribution in [2.45, 2.75) is 13.5 Å². The second kappa shape index (κ2) is 5.35. The summed E-state index contributed by atoms with van der Waals surface area (Å²) in [5, 5.41) is 3.25. The van der Waals surface area contributed by atoms with Crippen LogP contribution in [0.2, 0.25) is 0 Å². The number of nitrogens with zero attached hydrogens (tertiary/aromatic N) is 2. The third-order valence-electron chi connectivity index (χ3n) is 2.67. The molecule has 0 aliphatic rings. The highest BCUT2D eigenvalue weighted by molar-refractivity contribution is 5.48. The van der Waals surface area contributed by atoms with Crippen LogP contribution >= 0.6 is 0 Å². The molecule has 5 nitrogen and oxygen atoms in total. The van der Waals surface area contributed by atoms with Crippen molar-refractivity contribution in [2.24, 2.45) is 0 Å². The highest BCUT2D eigenvalue weighted by Crippen LogP contribution is 2.20. The van der Waals surface area contributed by atoms with Gasteiger partial charge in [0.25, 0.3) is 0 Å². The Bertz CT molecular complexity index is 525. The van der Waals surface area contributed by atoms with Gasteiger partial charge in [0, 0.05) is 12.2 Å². The standard InChI is InChI=1S/C13H16N4O/c1-9-12(16-8-17-13(9)18-2)15-7-10-3-5-11(14)6-4-10/h3-6,8H,7,14H2,1-2H3,(H,15,16,17). The molecule has 18 heavy (non-hydrogen) atoms. The molecular formula is C13H16N4O. The van der Waals surface area contributed by atoms with Gasteiger partial charge < -0.3 is 15.8 Å². The summed E-state index contributed by atoms with van der Waals surface area (Å²) in [5.74, 6) is 1.36. The number of methoxy groups -OCH3 is 1. The SMILES string of the molecule is COc1ncnc(NCc2ccc(N)cc2)c1C. The molecule has 0 bridgehead atoms. The first kappa shape index (κ1) is 12.2. The summed E-state index contributed by atoms with van der Waals surface area (Å²) in [7, 11) is 1.60. The van der Waals surface area contributed by atoms with E-state index in [4.69, 9.17) is 10.5 Å². The molecule has 1 heterocycles. The molecule has 5 heteroatoms. The summed E-state index contributed by atoms with van der Waals surface area (Å²) in [6.07, 6.45) is 1.48. The zero-order valence-corrected chi connectivity index (χ0v) is 10.5. The van der Waals surface area contributed by atoms with E-state index < -0.39 is 0 Å². The Kier molecular flexibility index (Phi) is 3.62. The first-order chi connectivity index (χ1) is 8.70. The van der Waals surface area contributed by atoms with E-state index in [0.717, 1.165) is 22.6 Å². The molecule has 0 saturated carbocycles. The normalized spacial score (nSPS) is 10.1. The average Bonchev–Trinajstić information content (AvgIpc) is 2.39. The molecule has 0 saturated heterocycles. The number of anilines is 2. The van der Waals surface area contributed by atoms with Crippen LogP contribution in [0.15, 0.2) is 30.6 Å². The van der Waals surface area contributed by atoms with Gasteiger partial charge in [-0.15, -0.1) is 0 Å². The van der Waals surface area contributed by atoms with E-state index in [1.54, 1.807) is 7.11 Å². The van der Waals surface area contributed by atoms with Gasteiger partial charge in [-0.2, -0.15) is 0 Å². The molecule has 0 spiro atoms. The maximum Gasteiger partial charge on any atom is 0.221 e. The maximum absolute atomic E-state index is 5.64. The Morgan fingerprint density at radius 1 is 1.22 bits per heavy atom. The predicted octanol–water partition coefficient (Wildman–Crippen LogP) is 1.99. The molecule has 0 aliphatic carbocycles. The number of nitrogen functional groups attached to an aromatic ring is 1. The van der Waals surface area contributed by atoms with Crippen LogP contribution in [-0.2, 0) is 6.54 Å². The minimum atomic E-state index is 0.588. The number of rotatable bonds is 4. The van der Waals surface area contributed by atoms with E-state index in [1.807, 2.05) is 31.2 Å². The van der Waals surface area contributed by atoms with Gasteiger partial charge >= 0.3 is 0 Å². The number of aromatic nitrogens is 2.